The first-order valence-corrected chi connectivity index (χ1v) is 9.61. The van der Waals surface area contributed by atoms with Crippen LogP contribution >= 0.6 is 35.6 Å². The summed E-state index contributed by atoms with van der Waals surface area (Å²) in [4.78, 5) is 17.5. The zero-order valence-corrected chi connectivity index (χ0v) is 19.6. The summed E-state index contributed by atoms with van der Waals surface area (Å²) in [5, 5.41) is 7.11. The lowest BCUT2D eigenvalue weighted by Crippen LogP contribution is -2.38. The zero-order chi connectivity index (χ0) is 19.8. The van der Waals surface area contributed by atoms with Gasteiger partial charge in [-0.25, -0.2) is 19.9 Å². The van der Waals surface area contributed by atoms with Crippen molar-refractivity contribution < 1.29 is 0 Å². The van der Waals surface area contributed by atoms with E-state index in [2.05, 4.69) is 30.6 Å². The number of halogens is 2. The van der Waals surface area contributed by atoms with Gasteiger partial charge in [-0.2, -0.15) is 0 Å². The Balaban J connectivity index is 0.00000300. The average molecular weight is 526 g/mol. The second kappa shape index (κ2) is 11.7. The lowest BCUT2D eigenvalue weighted by Gasteiger charge is -2.11. The second-order valence-corrected chi connectivity index (χ2v) is 6.62. The van der Waals surface area contributed by atoms with Crippen LogP contribution in [0, 0.1) is 6.92 Å². The molecule has 3 aromatic heterocycles. The van der Waals surface area contributed by atoms with E-state index in [0.29, 0.717) is 11.7 Å². The summed E-state index contributed by atoms with van der Waals surface area (Å²) in [7, 11) is 0. The van der Waals surface area contributed by atoms with Crippen LogP contribution in [0.15, 0.2) is 54.0 Å². The van der Waals surface area contributed by atoms with Gasteiger partial charge in [0.1, 0.15) is 16.8 Å². The summed E-state index contributed by atoms with van der Waals surface area (Å²) in [6, 6.07) is 7.80. The third-order valence-electron chi connectivity index (χ3n) is 4.14. The predicted octanol–water partition coefficient (Wildman–Crippen LogP) is 3.54. The van der Waals surface area contributed by atoms with E-state index in [-0.39, 0.29) is 24.0 Å². The summed E-state index contributed by atoms with van der Waals surface area (Å²) in [5.74, 6) is 2.54. The Bertz CT molecular complexity index is 907. The number of pyridine rings is 2. The molecule has 3 aromatic rings. The van der Waals surface area contributed by atoms with E-state index in [0.717, 1.165) is 48.2 Å². The van der Waals surface area contributed by atoms with Crippen molar-refractivity contribution in [3.8, 4) is 5.82 Å². The Morgan fingerprint density at radius 1 is 1.07 bits per heavy atom. The van der Waals surface area contributed by atoms with Gasteiger partial charge in [0.15, 0.2) is 5.96 Å². The molecule has 7 nitrogen and oxygen atoms in total. The van der Waals surface area contributed by atoms with Crippen molar-refractivity contribution in [2.75, 3.05) is 13.1 Å². The molecule has 0 aliphatic heterocycles. The number of aromatic nitrogens is 4. The monoisotopic (exact) mass is 525 g/mol. The van der Waals surface area contributed by atoms with Crippen LogP contribution in [0.3, 0.4) is 0 Å². The van der Waals surface area contributed by atoms with Crippen LogP contribution in [0.25, 0.3) is 5.82 Å². The highest BCUT2D eigenvalue weighted by molar-refractivity contribution is 14.0. The van der Waals surface area contributed by atoms with E-state index in [1.54, 1.807) is 18.5 Å². The van der Waals surface area contributed by atoms with Crippen molar-refractivity contribution in [1.82, 2.24) is 30.2 Å². The van der Waals surface area contributed by atoms with Crippen LogP contribution in [-0.4, -0.2) is 38.6 Å². The molecule has 29 heavy (non-hydrogen) atoms. The molecular formula is C20H25ClIN7. The van der Waals surface area contributed by atoms with Gasteiger partial charge in [-0.3, -0.25) is 4.57 Å². The summed E-state index contributed by atoms with van der Waals surface area (Å²) in [6.45, 7) is 6.10. The summed E-state index contributed by atoms with van der Waals surface area (Å²) >= 11 is 5.82. The number of hydrogen-bond donors (Lipinski definition) is 2. The lowest BCUT2D eigenvalue weighted by atomic mass is 10.2. The molecular weight excluding hydrogens is 501 g/mol. The molecule has 3 rings (SSSR count). The molecule has 3 heterocycles. The van der Waals surface area contributed by atoms with Gasteiger partial charge >= 0.3 is 0 Å². The van der Waals surface area contributed by atoms with Crippen LogP contribution in [-0.2, 0) is 13.0 Å². The van der Waals surface area contributed by atoms with E-state index in [1.165, 1.54) is 0 Å². The molecule has 0 saturated heterocycles. The Morgan fingerprint density at radius 3 is 2.48 bits per heavy atom. The fourth-order valence-corrected chi connectivity index (χ4v) is 2.78. The molecule has 0 amide bonds. The highest BCUT2D eigenvalue weighted by Crippen LogP contribution is 2.09. The fourth-order valence-electron chi connectivity index (χ4n) is 2.66. The molecule has 0 aromatic carbocycles. The maximum Gasteiger partial charge on any atom is 0.191 e. The molecule has 0 spiro atoms. The number of aryl methyl sites for hydroxylation is 1. The van der Waals surface area contributed by atoms with E-state index >= 15 is 0 Å². The molecule has 0 aliphatic carbocycles. The van der Waals surface area contributed by atoms with Crippen molar-refractivity contribution in [3.63, 3.8) is 0 Å². The molecule has 0 fully saturated rings. The standard InChI is InChI=1S/C20H24ClN7.HI/c1-3-22-20(24-9-8-16-4-6-18(21)25-12-16)27-14-17-5-7-19(26-13-17)28-11-10-23-15(28)2;/h4-7,10-13H,3,8-9,14H2,1-2H3,(H2,22,24,27);1H. The van der Waals surface area contributed by atoms with Gasteiger partial charge in [-0.1, -0.05) is 23.7 Å². The van der Waals surface area contributed by atoms with Gasteiger partial charge in [0.05, 0.1) is 6.54 Å². The smallest absolute Gasteiger partial charge is 0.191 e. The molecule has 0 unspecified atom stereocenters. The quantitative estimate of drug-likeness (QED) is 0.213. The van der Waals surface area contributed by atoms with Crippen molar-refractivity contribution in [3.05, 3.63) is 71.2 Å². The molecule has 0 aliphatic rings. The zero-order valence-electron chi connectivity index (χ0n) is 16.5. The molecule has 0 saturated carbocycles. The third kappa shape index (κ3) is 6.97. The van der Waals surface area contributed by atoms with E-state index in [1.807, 2.05) is 49.0 Å². The largest absolute Gasteiger partial charge is 0.357 e. The van der Waals surface area contributed by atoms with Gasteiger partial charge < -0.3 is 10.6 Å². The van der Waals surface area contributed by atoms with Crippen molar-refractivity contribution >= 4 is 41.5 Å². The fraction of sp³-hybridized carbons (Fsp3) is 0.300. The second-order valence-electron chi connectivity index (χ2n) is 6.23. The minimum absolute atomic E-state index is 0. The van der Waals surface area contributed by atoms with Crippen molar-refractivity contribution in [1.29, 1.82) is 0 Å². The number of rotatable bonds is 7. The lowest BCUT2D eigenvalue weighted by molar-refractivity contribution is 0.797. The number of aliphatic imine (C=N–C) groups is 1. The number of nitrogens with one attached hydrogen (secondary N) is 2. The molecule has 9 heteroatoms. The predicted molar refractivity (Wildman–Crippen MR) is 127 cm³/mol. The molecule has 154 valence electrons. The van der Waals surface area contributed by atoms with Gasteiger partial charge in [0.2, 0.25) is 0 Å². The highest BCUT2D eigenvalue weighted by Gasteiger charge is 2.03. The van der Waals surface area contributed by atoms with Crippen LogP contribution in [0.4, 0.5) is 0 Å². The Morgan fingerprint density at radius 2 is 1.86 bits per heavy atom. The van der Waals surface area contributed by atoms with Crippen LogP contribution in [0.1, 0.15) is 23.9 Å². The summed E-state index contributed by atoms with van der Waals surface area (Å²) < 4.78 is 1.95. The maximum absolute atomic E-state index is 5.82. The number of guanidine groups is 1. The minimum Gasteiger partial charge on any atom is -0.357 e. The average Bonchev–Trinajstić information content (AvgIpc) is 3.14. The Kier molecular flexibility index (Phi) is 9.33. The van der Waals surface area contributed by atoms with E-state index in [9.17, 15) is 0 Å². The number of imidazole rings is 1. The van der Waals surface area contributed by atoms with Gasteiger partial charge in [-0.05, 0) is 43.5 Å². The van der Waals surface area contributed by atoms with Crippen molar-refractivity contribution in [2.24, 2.45) is 4.99 Å². The van der Waals surface area contributed by atoms with E-state index in [4.69, 9.17) is 11.6 Å². The van der Waals surface area contributed by atoms with Crippen molar-refractivity contribution in [2.45, 2.75) is 26.8 Å². The van der Waals surface area contributed by atoms with Crippen LogP contribution in [0.5, 0.6) is 0 Å². The van der Waals surface area contributed by atoms with E-state index < -0.39 is 0 Å². The van der Waals surface area contributed by atoms with Gasteiger partial charge in [0, 0.05) is 37.9 Å². The normalized spacial score (nSPS) is 11.1. The molecule has 2 N–H and O–H groups in total. The third-order valence-corrected chi connectivity index (χ3v) is 4.36. The minimum atomic E-state index is 0. The number of hydrogen-bond acceptors (Lipinski definition) is 4. The molecule has 0 atom stereocenters. The summed E-state index contributed by atoms with van der Waals surface area (Å²) in [5.41, 5.74) is 2.17. The first-order valence-electron chi connectivity index (χ1n) is 9.23. The number of nitrogens with zero attached hydrogens (tertiary/aromatic N) is 5. The summed E-state index contributed by atoms with van der Waals surface area (Å²) in [6.07, 6.45) is 8.15. The first-order chi connectivity index (χ1) is 13.7. The molecule has 0 bridgehead atoms. The Labute approximate surface area is 193 Å². The van der Waals surface area contributed by atoms with Gasteiger partial charge in [-0.15, -0.1) is 24.0 Å². The highest BCUT2D eigenvalue weighted by atomic mass is 127. The Hall–Kier alpha value is -2.20. The molecule has 0 radical (unpaired) electrons. The van der Waals surface area contributed by atoms with Gasteiger partial charge in [0.25, 0.3) is 0 Å². The maximum atomic E-state index is 5.82. The SMILES string of the molecule is CCNC(=NCc1ccc(-n2ccnc2C)nc1)NCCc1ccc(Cl)nc1.I. The topological polar surface area (TPSA) is 80.0 Å². The van der Waals surface area contributed by atoms with Crippen LogP contribution in [0.2, 0.25) is 5.15 Å². The van der Waals surface area contributed by atoms with Crippen LogP contribution < -0.4 is 10.6 Å². The first kappa shape index (κ1) is 23.1.